The lowest BCUT2D eigenvalue weighted by molar-refractivity contribution is -0.116. The molecule has 0 aromatic heterocycles. The molecule has 152 valence electrons. The number of carbonyl (C=O) groups is 1. The number of anilines is 1. The van der Waals surface area contributed by atoms with Gasteiger partial charge in [-0.2, -0.15) is 4.31 Å². The number of carbonyl (C=O) groups excluding carboxylic acids is 1. The largest absolute Gasteiger partial charge is 0.497 e. The SMILES string of the molecule is CCOc1ccccc1NC(=O)CN(C)S(=O)(=O)c1cc(OC)ccc1OC. The van der Waals surface area contributed by atoms with Gasteiger partial charge in [-0.25, -0.2) is 8.42 Å². The van der Waals surface area contributed by atoms with Gasteiger partial charge in [-0.05, 0) is 31.2 Å². The molecule has 0 aliphatic rings. The van der Waals surface area contributed by atoms with Gasteiger partial charge in [0, 0.05) is 13.1 Å². The van der Waals surface area contributed by atoms with Crippen molar-refractivity contribution in [3.05, 3.63) is 42.5 Å². The average molecular weight is 408 g/mol. The number of sulfonamides is 1. The lowest BCUT2D eigenvalue weighted by Gasteiger charge is -2.19. The van der Waals surface area contributed by atoms with Crippen molar-refractivity contribution >= 4 is 21.6 Å². The fraction of sp³-hybridized carbons (Fsp3) is 0.316. The van der Waals surface area contributed by atoms with E-state index in [2.05, 4.69) is 5.32 Å². The van der Waals surface area contributed by atoms with E-state index in [1.807, 2.05) is 6.92 Å². The Balaban J connectivity index is 2.20. The van der Waals surface area contributed by atoms with E-state index >= 15 is 0 Å². The zero-order chi connectivity index (χ0) is 20.7. The summed E-state index contributed by atoms with van der Waals surface area (Å²) in [6.45, 7) is 1.89. The molecule has 2 aromatic rings. The second kappa shape index (κ2) is 9.43. The van der Waals surface area contributed by atoms with Crippen molar-refractivity contribution in [3.63, 3.8) is 0 Å². The first kappa shape index (κ1) is 21.5. The van der Waals surface area contributed by atoms with Crippen LogP contribution in [-0.4, -0.2) is 53.0 Å². The molecule has 9 heteroatoms. The van der Waals surface area contributed by atoms with Gasteiger partial charge in [-0.15, -0.1) is 0 Å². The van der Waals surface area contributed by atoms with Crippen LogP contribution in [0.4, 0.5) is 5.69 Å². The van der Waals surface area contributed by atoms with E-state index in [9.17, 15) is 13.2 Å². The van der Waals surface area contributed by atoms with Crippen LogP contribution in [0.3, 0.4) is 0 Å². The lowest BCUT2D eigenvalue weighted by Crippen LogP contribution is -2.35. The summed E-state index contributed by atoms with van der Waals surface area (Å²) in [5.41, 5.74) is 0.471. The highest BCUT2D eigenvalue weighted by Crippen LogP contribution is 2.30. The number of para-hydroxylation sites is 2. The minimum atomic E-state index is -3.99. The lowest BCUT2D eigenvalue weighted by atomic mass is 10.3. The molecule has 0 aliphatic carbocycles. The molecule has 2 aromatic carbocycles. The Bertz CT molecular complexity index is 930. The maximum Gasteiger partial charge on any atom is 0.247 e. The minimum absolute atomic E-state index is 0.0839. The Hall–Kier alpha value is -2.78. The van der Waals surface area contributed by atoms with Crippen molar-refractivity contribution in [1.29, 1.82) is 0 Å². The molecule has 8 nitrogen and oxygen atoms in total. The van der Waals surface area contributed by atoms with E-state index in [1.54, 1.807) is 30.3 Å². The summed E-state index contributed by atoms with van der Waals surface area (Å²) in [6, 6.07) is 11.4. The van der Waals surface area contributed by atoms with Gasteiger partial charge >= 0.3 is 0 Å². The fourth-order valence-corrected chi connectivity index (χ4v) is 3.78. The van der Waals surface area contributed by atoms with Crippen LogP contribution in [-0.2, 0) is 14.8 Å². The molecule has 1 amide bonds. The van der Waals surface area contributed by atoms with Crippen molar-refractivity contribution in [2.45, 2.75) is 11.8 Å². The Kier molecular flexibility index (Phi) is 7.24. The number of hydrogen-bond donors (Lipinski definition) is 1. The molecule has 0 fully saturated rings. The molecular formula is C19H24N2O6S. The maximum atomic E-state index is 12.9. The first-order valence-corrected chi connectivity index (χ1v) is 9.97. The van der Waals surface area contributed by atoms with Crippen molar-refractivity contribution in [3.8, 4) is 17.2 Å². The number of likely N-dealkylation sites (N-methyl/N-ethyl adjacent to an activating group) is 1. The van der Waals surface area contributed by atoms with Gasteiger partial charge in [0.2, 0.25) is 15.9 Å². The number of nitrogens with zero attached hydrogens (tertiary/aromatic N) is 1. The molecular weight excluding hydrogens is 384 g/mol. The summed E-state index contributed by atoms with van der Waals surface area (Å²) in [5, 5.41) is 2.67. The van der Waals surface area contributed by atoms with Gasteiger partial charge < -0.3 is 19.5 Å². The van der Waals surface area contributed by atoms with Crippen molar-refractivity contribution < 1.29 is 27.4 Å². The summed E-state index contributed by atoms with van der Waals surface area (Å²) in [5.74, 6) is 0.538. The van der Waals surface area contributed by atoms with E-state index in [0.717, 1.165) is 4.31 Å². The van der Waals surface area contributed by atoms with Gasteiger partial charge in [0.1, 0.15) is 22.1 Å². The van der Waals surface area contributed by atoms with Gasteiger partial charge in [0.15, 0.2) is 0 Å². The molecule has 0 radical (unpaired) electrons. The first-order chi connectivity index (χ1) is 13.3. The summed E-state index contributed by atoms with van der Waals surface area (Å²) in [6.07, 6.45) is 0. The van der Waals surface area contributed by atoms with Crippen LogP contribution in [0.25, 0.3) is 0 Å². The highest BCUT2D eigenvalue weighted by molar-refractivity contribution is 7.89. The Morgan fingerprint density at radius 3 is 2.43 bits per heavy atom. The predicted molar refractivity (Wildman–Crippen MR) is 106 cm³/mol. The Morgan fingerprint density at radius 1 is 1.07 bits per heavy atom. The van der Waals surface area contributed by atoms with Crippen molar-refractivity contribution in [2.75, 3.05) is 39.7 Å². The van der Waals surface area contributed by atoms with Crippen molar-refractivity contribution in [2.24, 2.45) is 0 Å². The summed E-state index contributed by atoms with van der Waals surface area (Å²) < 4.78 is 42.5. The molecule has 28 heavy (non-hydrogen) atoms. The number of nitrogens with one attached hydrogen (secondary N) is 1. The number of rotatable bonds is 9. The molecule has 0 heterocycles. The molecule has 0 saturated carbocycles. The highest BCUT2D eigenvalue weighted by Gasteiger charge is 2.27. The van der Waals surface area contributed by atoms with E-state index < -0.39 is 15.9 Å². The van der Waals surface area contributed by atoms with Gasteiger partial charge in [0.05, 0.1) is 33.1 Å². The van der Waals surface area contributed by atoms with Crippen molar-refractivity contribution in [1.82, 2.24) is 4.31 Å². The maximum absolute atomic E-state index is 12.9. The van der Waals surface area contributed by atoms with E-state index in [0.29, 0.717) is 23.8 Å². The van der Waals surface area contributed by atoms with Crippen LogP contribution < -0.4 is 19.5 Å². The summed E-state index contributed by atoms with van der Waals surface area (Å²) in [4.78, 5) is 12.3. The zero-order valence-electron chi connectivity index (χ0n) is 16.3. The molecule has 0 unspecified atom stereocenters. The topological polar surface area (TPSA) is 94.2 Å². The van der Waals surface area contributed by atoms with Crippen LogP contribution in [0, 0.1) is 0 Å². The van der Waals surface area contributed by atoms with Crippen LogP contribution >= 0.6 is 0 Å². The number of hydrogen-bond acceptors (Lipinski definition) is 6. The highest BCUT2D eigenvalue weighted by atomic mass is 32.2. The molecule has 0 aliphatic heterocycles. The second-order valence-corrected chi connectivity index (χ2v) is 7.77. The first-order valence-electron chi connectivity index (χ1n) is 8.53. The third-order valence-corrected chi connectivity index (χ3v) is 5.71. The quantitative estimate of drug-likeness (QED) is 0.685. The van der Waals surface area contributed by atoms with E-state index in [1.165, 1.54) is 33.4 Å². The monoisotopic (exact) mass is 408 g/mol. The van der Waals surface area contributed by atoms with Crippen LogP contribution in [0.15, 0.2) is 47.4 Å². The zero-order valence-corrected chi connectivity index (χ0v) is 17.1. The molecule has 2 rings (SSSR count). The average Bonchev–Trinajstić information content (AvgIpc) is 2.69. The Morgan fingerprint density at radius 2 is 1.79 bits per heavy atom. The molecule has 0 atom stereocenters. The van der Waals surface area contributed by atoms with E-state index in [-0.39, 0.29) is 17.2 Å². The minimum Gasteiger partial charge on any atom is -0.497 e. The van der Waals surface area contributed by atoms with Crippen LogP contribution in [0.2, 0.25) is 0 Å². The second-order valence-electron chi connectivity index (χ2n) is 5.76. The number of amides is 1. The van der Waals surface area contributed by atoms with Gasteiger partial charge in [0.25, 0.3) is 0 Å². The molecule has 1 N–H and O–H groups in total. The molecule has 0 saturated heterocycles. The van der Waals surface area contributed by atoms with E-state index in [4.69, 9.17) is 14.2 Å². The standard InChI is InChI=1S/C19H24N2O6S/c1-5-27-16-9-7-6-8-15(16)20-19(22)13-21(2)28(23,24)18-12-14(25-3)10-11-17(18)26-4/h6-12H,5,13H2,1-4H3,(H,20,22). The number of methoxy groups -OCH3 is 2. The summed E-state index contributed by atoms with van der Waals surface area (Å²) >= 11 is 0. The predicted octanol–water partition coefficient (Wildman–Crippen LogP) is 2.36. The smallest absolute Gasteiger partial charge is 0.247 e. The third-order valence-electron chi connectivity index (χ3n) is 3.89. The fourth-order valence-electron chi connectivity index (χ4n) is 2.48. The van der Waals surface area contributed by atoms with Gasteiger partial charge in [-0.3, -0.25) is 4.79 Å². The Labute approximate surface area is 165 Å². The van der Waals surface area contributed by atoms with Crippen LogP contribution in [0.5, 0.6) is 17.2 Å². The van der Waals surface area contributed by atoms with Gasteiger partial charge in [-0.1, -0.05) is 12.1 Å². The number of ether oxygens (including phenoxy) is 3. The molecule has 0 spiro atoms. The summed E-state index contributed by atoms with van der Waals surface area (Å²) in [7, 11) is 0.145. The number of benzene rings is 2. The van der Waals surface area contributed by atoms with Crippen LogP contribution in [0.1, 0.15) is 6.92 Å². The third kappa shape index (κ3) is 4.93. The molecule has 0 bridgehead atoms. The normalized spacial score (nSPS) is 11.2.